The molecule has 1 aromatic rings. The Labute approximate surface area is 102 Å². The maximum absolute atomic E-state index is 13.7. The smallest absolute Gasteiger partial charge is 0.169 e. The lowest BCUT2D eigenvalue weighted by molar-refractivity contribution is 0.181. The highest BCUT2D eigenvalue weighted by molar-refractivity contribution is 5.30. The van der Waals surface area contributed by atoms with Crippen molar-refractivity contribution in [2.75, 3.05) is 13.7 Å². The molecule has 0 spiro atoms. The standard InChI is InChI=1S/C13H20FNO2/c1-10(16)5-4-8-15-9-11-6-3-7-12(17-2)13(11)14/h3,6-7,10,15-16H,4-5,8-9H2,1-2H3. The molecule has 0 radical (unpaired) electrons. The van der Waals surface area contributed by atoms with E-state index in [1.54, 1.807) is 25.1 Å². The summed E-state index contributed by atoms with van der Waals surface area (Å²) in [4.78, 5) is 0. The highest BCUT2D eigenvalue weighted by Crippen LogP contribution is 2.19. The van der Waals surface area contributed by atoms with Crippen molar-refractivity contribution in [1.82, 2.24) is 5.32 Å². The Kier molecular flexibility index (Phi) is 5.94. The fourth-order valence-electron chi connectivity index (χ4n) is 1.60. The molecule has 0 fully saturated rings. The van der Waals surface area contributed by atoms with E-state index >= 15 is 0 Å². The van der Waals surface area contributed by atoms with Crippen LogP contribution in [0.15, 0.2) is 18.2 Å². The van der Waals surface area contributed by atoms with E-state index in [0.29, 0.717) is 12.1 Å². The molecule has 0 aliphatic carbocycles. The lowest BCUT2D eigenvalue weighted by Crippen LogP contribution is -2.17. The molecule has 96 valence electrons. The molecule has 1 aromatic carbocycles. The molecule has 1 unspecified atom stereocenters. The number of hydrogen-bond donors (Lipinski definition) is 2. The van der Waals surface area contributed by atoms with Gasteiger partial charge in [0, 0.05) is 12.1 Å². The van der Waals surface area contributed by atoms with Gasteiger partial charge in [-0.2, -0.15) is 0 Å². The fraction of sp³-hybridized carbons (Fsp3) is 0.538. The molecular weight excluding hydrogens is 221 g/mol. The van der Waals surface area contributed by atoms with Gasteiger partial charge in [-0.05, 0) is 32.4 Å². The van der Waals surface area contributed by atoms with E-state index in [0.717, 1.165) is 19.4 Å². The number of benzene rings is 1. The van der Waals surface area contributed by atoms with E-state index in [1.807, 2.05) is 0 Å². The van der Waals surface area contributed by atoms with E-state index in [-0.39, 0.29) is 17.7 Å². The van der Waals surface area contributed by atoms with E-state index < -0.39 is 0 Å². The van der Waals surface area contributed by atoms with Gasteiger partial charge in [-0.3, -0.25) is 0 Å². The van der Waals surface area contributed by atoms with Gasteiger partial charge in [0.15, 0.2) is 11.6 Å². The van der Waals surface area contributed by atoms with E-state index in [2.05, 4.69) is 5.32 Å². The van der Waals surface area contributed by atoms with Crippen LogP contribution in [-0.2, 0) is 6.54 Å². The van der Waals surface area contributed by atoms with Gasteiger partial charge < -0.3 is 15.2 Å². The zero-order chi connectivity index (χ0) is 12.7. The highest BCUT2D eigenvalue weighted by Gasteiger charge is 2.07. The fourth-order valence-corrected chi connectivity index (χ4v) is 1.60. The third-order valence-corrected chi connectivity index (χ3v) is 2.55. The maximum Gasteiger partial charge on any atom is 0.169 e. The summed E-state index contributed by atoms with van der Waals surface area (Å²) < 4.78 is 18.6. The Hall–Kier alpha value is -1.13. The van der Waals surface area contributed by atoms with Crippen LogP contribution < -0.4 is 10.1 Å². The number of aliphatic hydroxyl groups is 1. The van der Waals surface area contributed by atoms with Gasteiger partial charge in [-0.15, -0.1) is 0 Å². The molecule has 17 heavy (non-hydrogen) atoms. The minimum absolute atomic E-state index is 0.272. The number of methoxy groups -OCH3 is 1. The summed E-state index contributed by atoms with van der Waals surface area (Å²) in [6.07, 6.45) is 1.36. The molecular formula is C13H20FNO2. The SMILES string of the molecule is COc1cccc(CNCCCC(C)O)c1F. The monoisotopic (exact) mass is 241 g/mol. The lowest BCUT2D eigenvalue weighted by atomic mass is 10.2. The Balaban J connectivity index is 2.36. The predicted octanol–water partition coefficient (Wildman–Crippen LogP) is 2.08. The number of halogens is 1. The number of nitrogens with one attached hydrogen (secondary N) is 1. The third-order valence-electron chi connectivity index (χ3n) is 2.55. The number of hydrogen-bond acceptors (Lipinski definition) is 3. The summed E-state index contributed by atoms with van der Waals surface area (Å²) >= 11 is 0. The molecule has 0 aliphatic rings. The van der Waals surface area contributed by atoms with Crippen molar-refractivity contribution in [3.8, 4) is 5.75 Å². The summed E-state index contributed by atoms with van der Waals surface area (Å²) in [5.41, 5.74) is 0.599. The van der Waals surface area contributed by atoms with Crippen molar-refractivity contribution < 1.29 is 14.2 Å². The zero-order valence-electron chi connectivity index (χ0n) is 10.4. The van der Waals surface area contributed by atoms with Crippen molar-refractivity contribution in [3.05, 3.63) is 29.6 Å². The molecule has 1 atom stereocenters. The molecule has 0 bridgehead atoms. The van der Waals surface area contributed by atoms with Crippen LogP contribution in [0, 0.1) is 5.82 Å². The summed E-state index contributed by atoms with van der Waals surface area (Å²) in [6, 6.07) is 5.11. The van der Waals surface area contributed by atoms with Crippen LogP contribution in [0.25, 0.3) is 0 Å². The van der Waals surface area contributed by atoms with Crippen molar-refractivity contribution >= 4 is 0 Å². The zero-order valence-corrected chi connectivity index (χ0v) is 10.4. The Morgan fingerprint density at radius 1 is 1.47 bits per heavy atom. The first-order valence-electron chi connectivity index (χ1n) is 5.85. The van der Waals surface area contributed by atoms with Crippen molar-refractivity contribution in [3.63, 3.8) is 0 Å². The van der Waals surface area contributed by atoms with Gasteiger partial charge in [-0.25, -0.2) is 4.39 Å². The van der Waals surface area contributed by atoms with Gasteiger partial charge in [-0.1, -0.05) is 12.1 Å². The largest absolute Gasteiger partial charge is 0.494 e. The lowest BCUT2D eigenvalue weighted by Gasteiger charge is -2.09. The Bertz CT molecular complexity index is 342. The van der Waals surface area contributed by atoms with Crippen LogP contribution in [0.1, 0.15) is 25.3 Å². The highest BCUT2D eigenvalue weighted by atomic mass is 19.1. The third kappa shape index (κ3) is 4.71. The summed E-state index contributed by atoms with van der Waals surface area (Å²) in [6.45, 7) is 3.01. The van der Waals surface area contributed by atoms with E-state index in [4.69, 9.17) is 9.84 Å². The van der Waals surface area contributed by atoms with E-state index in [1.165, 1.54) is 7.11 Å². The van der Waals surface area contributed by atoms with Crippen LogP contribution in [0.3, 0.4) is 0 Å². The van der Waals surface area contributed by atoms with Crippen LogP contribution >= 0.6 is 0 Å². The molecule has 3 nitrogen and oxygen atoms in total. The van der Waals surface area contributed by atoms with Crippen molar-refractivity contribution in [2.45, 2.75) is 32.4 Å². The van der Waals surface area contributed by atoms with Gasteiger partial charge in [0.2, 0.25) is 0 Å². The molecule has 0 amide bonds. The first kappa shape index (κ1) is 13.9. The first-order valence-corrected chi connectivity index (χ1v) is 5.85. The van der Waals surface area contributed by atoms with Crippen LogP contribution in [-0.4, -0.2) is 24.9 Å². The first-order chi connectivity index (χ1) is 8.15. The molecule has 0 aliphatic heterocycles. The molecule has 0 saturated heterocycles. The summed E-state index contributed by atoms with van der Waals surface area (Å²) in [5.74, 6) is -0.0358. The molecule has 1 rings (SSSR count). The average Bonchev–Trinajstić information content (AvgIpc) is 2.30. The quantitative estimate of drug-likeness (QED) is 0.718. The molecule has 0 heterocycles. The molecule has 2 N–H and O–H groups in total. The molecule has 0 aromatic heterocycles. The normalized spacial score (nSPS) is 12.5. The second kappa shape index (κ2) is 7.25. The molecule has 0 saturated carbocycles. The van der Waals surface area contributed by atoms with E-state index in [9.17, 15) is 4.39 Å². The minimum Gasteiger partial charge on any atom is -0.494 e. The minimum atomic E-state index is -0.307. The van der Waals surface area contributed by atoms with Crippen LogP contribution in [0.2, 0.25) is 0 Å². The van der Waals surface area contributed by atoms with Crippen molar-refractivity contribution in [2.24, 2.45) is 0 Å². The number of rotatable bonds is 7. The van der Waals surface area contributed by atoms with Gasteiger partial charge >= 0.3 is 0 Å². The summed E-state index contributed by atoms with van der Waals surface area (Å²) in [5, 5.41) is 12.2. The second-order valence-electron chi connectivity index (χ2n) is 4.10. The second-order valence-corrected chi connectivity index (χ2v) is 4.10. The van der Waals surface area contributed by atoms with Crippen molar-refractivity contribution in [1.29, 1.82) is 0 Å². The maximum atomic E-state index is 13.7. The van der Waals surface area contributed by atoms with Gasteiger partial charge in [0.1, 0.15) is 0 Å². The molecule has 4 heteroatoms. The van der Waals surface area contributed by atoms with Gasteiger partial charge in [0.25, 0.3) is 0 Å². The topological polar surface area (TPSA) is 41.5 Å². The van der Waals surface area contributed by atoms with Crippen LogP contribution in [0.4, 0.5) is 4.39 Å². The Morgan fingerprint density at radius 3 is 2.88 bits per heavy atom. The van der Waals surface area contributed by atoms with Crippen LogP contribution in [0.5, 0.6) is 5.75 Å². The number of ether oxygens (including phenoxy) is 1. The summed E-state index contributed by atoms with van der Waals surface area (Å²) in [7, 11) is 1.46. The Morgan fingerprint density at radius 2 is 2.24 bits per heavy atom. The predicted molar refractivity (Wildman–Crippen MR) is 65.6 cm³/mol. The number of aliphatic hydroxyl groups excluding tert-OH is 1. The van der Waals surface area contributed by atoms with Gasteiger partial charge in [0.05, 0.1) is 13.2 Å². The average molecular weight is 241 g/mol.